The van der Waals surface area contributed by atoms with Gasteiger partial charge in [-0.15, -0.1) is 6.58 Å². The van der Waals surface area contributed by atoms with Crippen LogP contribution in [0, 0.1) is 11.3 Å². The van der Waals surface area contributed by atoms with Crippen molar-refractivity contribution >= 4 is 43.5 Å². The highest BCUT2D eigenvalue weighted by Gasteiger charge is 2.21. The predicted octanol–water partition coefficient (Wildman–Crippen LogP) is 2.63. The van der Waals surface area contributed by atoms with Crippen LogP contribution in [0.3, 0.4) is 0 Å². The van der Waals surface area contributed by atoms with Crippen LogP contribution in [0.2, 0.25) is 0 Å². The minimum absolute atomic E-state index is 0.0287. The Bertz CT molecular complexity index is 1080. The van der Waals surface area contributed by atoms with E-state index in [1.165, 1.54) is 23.1 Å². The molecule has 1 amide bonds. The topological polar surface area (TPSA) is 117 Å². The quantitative estimate of drug-likeness (QED) is 0.327. The predicted molar refractivity (Wildman–Crippen MR) is 114 cm³/mol. The third-order valence-electron chi connectivity index (χ3n) is 3.81. The van der Waals surface area contributed by atoms with E-state index in [2.05, 4.69) is 27.2 Å². The molecule has 2 aromatic carbocycles. The molecule has 156 valence electrons. The molecule has 2 rings (SSSR count). The Kier molecular flexibility index (Phi) is 8.29. The number of halogens is 1. The number of carbonyl (C=O) groups is 2. The summed E-state index contributed by atoms with van der Waals surface area (Å²) in [5.74, 6) is -1.48. The normalized spacial score (nSPS) is 10.7. The zero-order valence-corrected chi connectivity index (χ0v) is 18.1. The molecule has 0 atom stereocenters. The van der Waals surface area contributed by atoms with E-state index >= 15 is 0 Å². The summed E-state index contributed by atoms with van der Waals surface area (Å²) in [6.07, 6.45) is 1.39. The van der Waals surface area contributed by atoms with Gasteiger partial charge in [0.1, 0.15) is 6.54 Å². The van der Waals surface area contributed by atoms with Gasteiger partial charge < -0.3 is 4.74 Å². The molecule has 0 radical (unpaired) electrons. The van der Waals surface area contributed by atoms with E-state index in [0.717, 1.165) is 6.07 Å². The molecule has 0 aromatic heterocycles. The Labute approximate surface area is 182 Å². The SMILES string of the molecule is C=CCNS(=O)(=O)c1ccc(Br)c(C(=O)OCC(=O)N(CC#N)c2ccccc2)c1. The molecule has 0 aliphatic rings. The number of benzene rings is 2. The van der Waals surface area contributed by atoms with Crippen LogP contribution in [-0.4, -0.2) is 40.0 Å². The molecule has 30 heavy (non-hydrogen) atoms. The second kappa shape index (κ2) is 10.7. The summed E-state index contributed by atoms with van der Waals surface area (Å²) in [5.41, 5.74) is 0.429. The minimum Gasteiger partial charge on any atom is -0.452 e. The monoisotopic (exact) mass is 491 g/mol. The zero-order valence-electron chi connectivity index (χ0n) is 15.7. The Balaban J connectivity index is 2.15. The first-order valence-corrected chi connectivity index (χ1v) is 10.9. The van der Waals surface area contributed by atoms with Crippen molar-refractivity contribution in [3.05, 3.63) is 71.2 Å². The highest BCUT2D eigenvalue weighted by molar-refractivity contribution is 9.10. The van der Waals surface area contributed by atoms with Crippen molar-refractivity contribution in [2.24, 2.45) is 0 Å². The Morgan fingerprint density at radius 1 is 1.23 bits per heavy atom. The van der Waals surface area contributed by atoms with Gasteiger partial charge in [0.15, 0.2) is 6.61 Å². The number of ether oxygens (including phenoxy) is 1. The van der Waals surface area contributed by atoms with Crippen LogP contribution in [-0.2, 0) is 19.6 Å². The standard InChI is InChI=1S/C20H18BrN3O5S/c1-2-11-23-30(27,28)16-8-9-18(21)17(13-16)20(26)29-14-19(25)24(12-10-22)15-6-4-3-5-7-15/h2-9,13,23H,1,11-12,14H2. The van der Waals surface area contributed by atoms with Crippen LogP contribution in [0.4, 0.5) is 5.69 Å². The summed E-state index contributed by atoms with van der Waals surface area (Å²) in [7, 11) is -3.84. The van der Waals surface area contributed by atoms with Gasteiger partial charge in [0.25, 0.3) is 5.91 Å². The average Bonchev–Trinajstić information content (AvgIpc) is 2.75. The first kappa shape index (κ1) is 23.3. The summed E-state index contributed by atoms with van der Waals surface area (Å²) in [6.45, 7) is 2.64. The number of hydrogen-bond donors (Lipinski definition) is 1. The van der Waals surface area contributed by atoms with Gasteiger partial charge >= 0.3 is 5.97 Å². The first-order chi connectivity index (χ1) is 14.3. The smallest absolute Gasteiger partial charge is 0.339 e. The maximum atomic E-state index is 12.5. The fourth-order valence-electron chi connectivity index (χ4n) is 2.36. The number of hydrogen-bond acceptors (Lipinski definition) is 6. The third kappa shape index (κ3) is 6.00. The van der Waals surface area contributed by atoms with Gasteiger partial charge in [0.2, 0.25) is 10.0 Å². The van der Waals surface area contributed by atoms with Crippen LogP contribution < -0.4 is 9.62 Å². The molecule has 0 saturated heterocycles. The number of nitriles is 1. The highest BCUT2D eigenvalue weighted by Crippen LogP contribution is 2.22. The van der Waals surface area contributed by atoms with E-state index in [-0.39, 0.29) is 23.5 Å². The Hall–Kier alpha value is -3.00. The van der Waals surface area contributed by atoms with Crippen molar-refractivity contribution in [3.8, 4) is 6.07 Å². The van der Waals surface area contributed by atoms with Crippen LogP contribution in [0.5, 0.6) is 0 Å². The van der Waals surface area contributed by atoms with Crippen LogP contribution in [0.1, 0.15) is 10.4 Å². The van der Waals surface area contributed by atoms with Crippen molar-refractivity contribution in [2.45, 2.75) is 4.90 Å². The average molecular weight is 492 g/mol. The third-order valence-corrected chi connectivity index (χ3v) is 5.92. The van der Waals surface area contributed by atoms with Gasteiger partial charge in [-0.05, 0) is 46.3 Å². The molecule has 8 nitrogen and oxygen atoms in total. The zero-order chi connectivity index (χ0) is 22.1. The molecule has 0 aliphatic heterocycles. The van der Waals surface area contributed by atoms with Crippen LogP contribution in [0.15, 0.2) is 70.6 Å². The Morgan fingerprint density at radius 3 is 2.57 bits per heavy atom. The van der Waals surface area contributed by atoms with Crippen molar-refractivity contribution in [2.75, 3.05) is 24.6 Å². The maximum Gasteiger partial charge on any atom is 0.339 e. The summed E-state index contributed by atoms with van der Waals surface area (Å²) in [4.78, 5) is 26.0. The summed E-state index contributed by atoms with van der Waals surface area (Å²) in [6, 6.07) is 14.2. The molecular formula is C20H18BrN3O5S. The fraction of sp³-hybridized carbons (Fsp3) is 0.150. The van der Waals surface area contributed by atoms with E-state index < -0.39 is 28.5 Å². The molecule has 0 aliphatic carbocycles. The van der Waals surface area contributed by atoms with Gasteiger partial charge in [0.05, 0.1) is 16.5 Å². The molecular weight excluding hydrogens is 474 g/mol. The van der Waals surface area contributed by atoms with Gasteiger partial charge in [-0.25, -0.2) is 17.9 Å². The first-order valence-electron chi connectivity index (χ1n) is 8.59. The number of amides is 1. The number of rotatable bonds is 9. The number of para-hydroxylation sites is 1. The molecule has 0 spiro atoms. The number of sulfonamides is 1. The molecule has 0 bridgehead atoms. The number of esters is 1. The van der Waals surface area contributed by atoms with E-state index in [9.17, 15) is 18.0 Å². The molecule has 10 heteroatoms. The second-order valence-electron chi connectivity index (χ2n) is 5.83. The number of nitrogens with zero attached hydrogens (tertiary/aromatic N) is 2. The number of nitrogens with one attached hydrogen (secondary N) is 1. The lowest BCUT2D eigenvalue weighted by molar-refractivity contribution is -0.121. The van der Waals surface area contributed by atoms with E-state index in [0.29, 0.717) is 10.2 Å². The number of anilines is 1. The summed E-state index contributed by atoms with van der Waals surface area (Å²) >= 11 is 3.18. The highest BCUT2D eigenvalue weighted by atomic mass is 79.9. The summed E-state index contributed by atoms with van der Waals surface area (Å²) < 4.78 is 32.2. The van der Waals surface area contributed by atoms with Crippen molar-refractivity contribution < 1.29 is 22.7 Å². The fourth-order valence-corrected chi connectivity index (χ4v) is 3.80. The second-order valence-corrected chi connectivity index (χ2v) is 8.45. The van der Waals surface area contributed by atoms with Crippen molar-refractivity contribution in [1.82, 2.24) is 4.72 Å². The Morgan fingerprint density at radius 2 is 1.93 bits per heavy atom. The molecule has 0 heterocycles. The molecule has 2 aromatic rings. The van der Waals surface area contributed by atoms with Crippen molar-refractivity contribution in [3.63, 3.8) is 0 Å². The van der Waals surface area contributed by atoms with E-state index in [1.807, 2.05) is 6.07 Å². The van der Waals surface area contributed by atoms with Crippen LogP contribution >= 0.6 is 15.9 Å². The molecule has 0 unspecified atom stereocenters. The molecule has 1 N–H and O–H groups in total. The van der Waals surface area contributed by atoms with E-state index in [1.54, 1.807) is 30.3 Å². The van der Waals surface area contributed by atoms with Crippen molar-refractivity contribution in [1.29, 1.82) is 5.26 Å². The van der Waals surface area contributed by atoms with Gasteiger partial charge in [-0.2, -0.15) is 5.26 Å². The van der Waals surface area contributed by atoms with Gasteiger partial charge in [-0.1, -0.05) is 24.3 Å². The van der Waals surface area contributed by atoms with Gasteiger partial charge in [-0.3, -0.25) is 9.69 Å². The summed E-state index contributed by atoms with van der Waals surface area (Å²) in [5, 5.41) is 8.98. The lowest BCUT2D eigenvalue weighted by Gasteiger charge is -2.19. The minimum atomic E-state index is -3.84. The lowest BCUT2D eigenvalue weighted by Crippen LogP contribution is -2.35. The van der Waals surface area contributed by atoms with Gasteiger partial charge in [0, 0.05) is 16.7 Å². The lowest BCUT2D eigenvalue weighted by atomic mass is 10.2. The largest absolute Gasteiger partial charge is 0.452 e. The number of carbonyl (C=O) groups excluding carboxylic acids is 2. The molecule has 0 fully saturated rings. The van der Waals surface area contributed by atoms with Crippen LogP contribution in [0.25, 0.3) is 0 Å². The maximum absolute atomic E-state index is 12.5. The van der Waals surface area contributed by atoms with E-state index in [4.69, 9.17) is 10.00 Å². The molecule has 0 saturated carbocycles.